The van der Waals surface area contributed by atoms with Crippen LogP contribution in [0.1, 0.15) is 54.4 Å². The molecule has 2 N–H and O–H groups in total. The Morgan fingerprint density at radius 2 is 1.79 bits per heavy atom. The zero-order chi connectivity index (χ0) is 20.6. The van der Waals surface area contributed by atoms with Crippen LogP contribution in [0.4, 0.5) is 5.69 Å². The maximum Gasteiger partial charge on any atom is 0.254 e. The minimum atomic E-state index is -0.291. The fraction of sp³-hybridized carbons (Fsp3) is 0.591. The summed E-state index contributed by atoms with van der Waals surface area (Å²) in [6.07, 6.45) is 6.34. The van der Waals surface area contributed by atoms with E-state index in [1.807, 2.05) is 6.92 Å². The molecule has 1 saturated heterocycles. The summed E-state index contributed by atoms with van der Waals surface area (Å²) in [5, 5.41) is 5.54. The van der Waals surface area contributed by atoms with Crippen LogP contribution in [0, 0.1) is 12.8 Å². The SMILES string of the molecule is Cc1c(NC(=O)CNC(=O)CC2CCCCC2)cccc1C(=O)N1CCOCC1. The summed E-state index contributed by atoms with van der Waals surface area (Å²) < 4.78 is 5.30. The second-order valence-corrected chi connectivity index (χ2v) is 7.92. The molecule has 1 aromatic rings. The van der Waals surface area contributed by atoms with Crippen molar-refractivity contribution in [2.24, 2.45) is 5.92 Å². The summed E-state index contributed by atoms with van der Waals surface area (Å²) in [4.78, 5) is 38.9. The van der Waals surface area contributed by atoms with Crippen molar-refractivity contribution in [2.75, 3.05) is 38.2 Å². The maximum atomic E-state index is 12.8. The largest absolute Gasteiger partial charge is 0.378 e. The number of hydrogen-bond donors (Lipinski definition) is 2. The van der Waals surface area contributed by atoms with Gasteiger partial charge >= 0.3 is 0 Å². The Morgan fingerprint density at radius 1 is 1.07 bits per heavy atom. The van der Waals surface area contributed by atoms with Crippen molar-refractivity contribution in [3.63, 3.8) is 0 Å². The van der Waals surface area contributed by atoms with Crippen molar-refractivity contribution in [1.29, 1.82) is 0 Å². The van der Waals surface area contributed by atoms with E-state index < -0.39 is 0 Å². The number of nitrogens with one attached hydrogen (secondary N) is 2. The first-order chi connectivity index (χ1) is 14.0. The summed E-state index contributed by atoms with van der Waals surface area (Å²) in [5.74, 6) is 0.0284. The summed E-state index contributed by atoms with van der Waals surface area (Å²) in [7, 11) is 0. The zero-order valence-electron chi connectivity index (χ0n) is 17.2. The summed E-state index contributed by atoms with van der Waals surface area (Å²) >= 11 is 0. The molecule has 0 radical (unpaired) electrons. The highest BCUT2D eigenvalue weighted by molar-refractivity contribution is 6.00. The molecule has 7 nitrogen and oxygen atoms in total. The third-order valence-corrected chi connectivity index (χ3v) is 5.78. The molecule has 0 spiro atoms. The van der Waals surface area contributed by atoms with Gasteiger partial charge in [-0.15, -0.1) is 0 Å². The van der Waals surface area contributed by atoms with E-state index in [0.29, 0.717) is 49.9 Å². The molecule has 1 aliphatic heterocycles. The molecule has 1 heterocycles. The molecule has 2 aliphatic rings. The van der Waals surface area contributed by atoms with E-state index in [1.54, 1.807) is 23.1 Å². The van der Waals surface area contributed by atoms with E-state index in [2.05, 4.69) is 10.6 Å². The number of rotatable bonds is 6. The van der Waals surface area contributed by atoms with Gasteiger partial charge in [0.1, 0.15) is 0 Å². The van der Waals surface area contributed by atoms with Crippen LogP contribution in [-0.4, -0.2) is 55.5 Å². The van der Waals surface area contributed by atoms with Gasteiger partial charge in [0.15, 0.2) is 0 Å². The first-order valence-electron chi connectivity index (χ1n) is 10.6. The molecule has 1 saturated carbocycles. The van der Waals surface area contributed by atoms with Gasteiger partial charge in [0.05, 0.1) is 19.8 Å². The first kappa shape index (κ1) is 21.3. The van der Waals surface area contributed by atoms with E-state index >= 15 is 0 Å². The molecule has 2 fully saturated rings. The summed E-state index contributed by atoms with van der Waals surface area (Å²) in [5.41, 5.74) is 1.90. The van der Waals surface area contributed by atoms with E-state index in [1.165, 1.54) is 19.3 Å². The Hall–Kier alpha value is -2.41. The zero-order valence-corrected chi connectivity index (χ0v) is 17.2. The quantitative estimate of drug-likeness (QED) is 0.767. The van der Waals surface area contributed by atoms with Crippen molar-refractivity contribution >= 4 is 23.4 Å². The topological polar surface area (TPSA) is 87.7 Å². The normalized spacial score (nSPS) is 17.6. The van der Waals surface area contributed by atoms with Crippen LogP contribution in [0.25, 0.3) is 0 Å². The number of carbonyl (C=O) groups is 3. The standard InChI is InChI=1S/C22H31N3O4/c1-16-18(22(28)25-10-12-29-13-11-25)8-5-9-19(16)24-21(27)15-23-20(26)14-17-6-3-2-4-7-17/h5,8-9,17H,2-4,6-7,10-15H2,1H3,(H,23,26)(H,24,27). The molecule has 0 atom stereocenters. The van der Waals surface area contributed by atoms with Gasteiger partial charge in [0.25, 0.3) is 5.91 Å². The van der Waals surface area contributed by atoms with Crippen LogP contribution >= 0.6 is 0 Å². The van der Waals surface area contributed by atoms with Crippen LogP contribution in [0.5, 0.6) is 0 Å². The number of morpholine rings is 1. The number of benzene rings is 1. The molecule has 0 bridgehead atoms. The molecule has 3 rings (SSSR count). The van der Waals surface area contributed by atoms with E-state index in [4.69, 9.17) is 4.74 Å². The number of carbonyl (C=O) groups excluding carboxylic acids is 3. The average molecular weight is 402 g/mol. The lowest BCUT2D eigenvalue weighted by molar-refractivity contribution is -0.125. The predicted molar refractivity (Wildman–Crippen MR) is 111 cm³/mol. The smallest absolute Gasteiger partial charge is 0.254 e. The molecule has 1 aromatic carbocycles. The lowest BCUT2D eigenvalue weighted by atomic mass is 9.87. The number of nitrogens with zero attached hydrogens (tertiary/aromatic N) is 1. The van der Waals surface area contributed by atoms with Gasteiger partial charge < -0.3 is 20.3 Å². The van der Waals surface area contributed by atoms with Gasteiger partial charge in [0.2, 0.25) is 11.8 Å². The average Bonchev–Trinajstić information content (AvgIpc) is 2.75. The van der Waals surface area contributed by atoms with Crippen molar-refractivity contribution in [1.82, 2.24) is 10.2 Å². The number of ether oxygens (including phenoxy) is 1. The number of amides is 3. The molecule has 29 heavy (non-hydrogen) atoms. The molecule has 158 valence electrons. The fourth-order valence-electron chi connectivity index (χ4n) is 4.04. The highest BCUT2D eigenvalue weighted by Crippen LogP contribution is 2.26. The predicted octanol–water partition coefficient (Wildman–Crippen LogP) is 2.49. The van der Waals surface area contributed by atoms with Gasteiger partial charge in [-0.2, -0.15) is 0 Å². The lowest BCUT2D eigenvalue weighted by Crippen LogP contribution is -2.41. The monoisotopic (exact) mass is 401 g/mol. The molecule has 1 aliphatic carbocycles. The van der Waals surface area contributed by atoms with Gasteiger partial charge in [-0.3, -0.25) is 14.4 Å². The van der Waals surface area contributed by atoms with E-state index in [-0.39, 0.29) is 24.3 Å². The molecule has 0 aromatic heterocycles. The van der Waals surface area contributed by atoms with Crippen molar-refractivity contribution in [2.45, 2.75) is 45.4 Å². The van der Waals surface area contributed by atoms with E-state index in [0.717, 1.165) is 18.4 Å². The summed E-state index contributed by atoms with van der Waals surface area (Å²) in [6, 6.07) is 5.31. The van der Waals surface area contributed by atoms with Gasteiger partial charge in [0, 0.05) is 30.8 Å². The van der Waals surface area contributed by atoms with Crippen molar-refractivity contribution < 1.29 is 19.1 Å². The Morgan fingerprint density at radius 3 is 2.52 bits per heavy atom. The highest BCUT2D eigenvalue weighted by Gasteiger charge is 2.21. The van der Waals surface area contributed by atoms with Crippen LogP contribution in [-0.2, 0) is 14.3 Å². The lowest BCUT2D eigenvalue weighted by Gasteiger charge is -2.27. The van der Waals surface area contributed by atoms with E-state index in [9.17, 15) is 14.4 Å². The van der Waals surface area contributed by atoms with Crippen molar-refractivity contribution in [3.8, 4) is 0 Å². The van der Waals surface area contributed by atoms with Gasteiger partial charge in [-0.25, -0.2) is 0 Å². The minimum Gasteiger partial charge on any atom is -0.378 e. The number of anilines is 1. The molecule has 3 amide bonds. The van der Waals surface area contributed by atoms with Crippen LogP contribution in [0.15, 0.2) is 18.2 Å². The van der Waals surface area contributed by atoms with Crippen LogP contribution in [0.2, 0.25) is 0 Å². The van der Waals surface area contributed by atoms with Crippen LogP contribution < -0.4 is 10.6 Å². The Balaban J connectivity index is 1.52. The Labute approximate surface area is 172 Å². The second-order valence-electron chi connectivity index (χ2n) is 7.92. The Kier molecular flexibility index (Phi) is 7.63. The first-order valence-corrected chi connectivity index (χ1v) is 10.6. The van der Waals surface area contributed by atoms with Crippen molar-refractivity contribution in [3.05, 3.63) is 29.3 Å². The molecule has 0 unspecified atom stereocenters. The maximum absolute atomic E-state index is 12.8. The fourth-order valence-corrected chi connectivity index (χ4v) is 4.04. The second kappa shape index (κ2) is 10.4. The van der Waals surface area contributed by atoms with Crippen LogP contribution in [0.3, 0.4) is 0 Å². The molecular weight excluding hydrogens is 370 g/mol. The minimum absolute atomic E-state index is 0.0531. The molecule has 7 heteroatoms. The third kappa shape index (κ3) is 6.03. The number of hydrogen-bond acceptors (Lipinski definition) is 4. The van der Waals surface area contributed by atoms with Gasteiger partial charge in [-0.1, -0.05) is 25.3 Å². The molecular formula is C22H31N3O4. The summed E-state index contributed by atoms with van der Waals surface area (Å²) in [6.45, 7) is 3.99. The highest BCUT2D eigenvalue weighted by atomic mass is 16.5. The third-order valence-electron chi connectivity index (χ3n) is 5.78. The Bertz CT molecular complexity index is 738. The van der Waals surface area contributed by atoms with Gasteiger partial charge in [-0.05, 0) is 43.4 Å².